The molecule has 110 valence electrons. The van der Waals surface area contributed by atoms with Crippen molar-refractivity contribution < 1.29 is 23.1 Å². The van der Waals surface area contributed by atoms with Crippen molar-refractivity contribution in [1.82, 2.24) is 0 Å². The Hall–Kier alpha value is -0.620. The molecule has 1 aliphatic carbocycles. The molecule has 0 aromatic heterocycles. The number of carbonyl (C=O) groups is 1. The Morgan fingerprint density at radius 1 is 1.21 bits per heavy atom. The number of carboxylic acid groups (broad SMARTS) is 1. The van der Waals surface area contributed by atoms with E-state index < -0.39 is 15.8 Å². The lowest BCUT2D eigenvalue weighted by atomic mass is 9.83. The standard InChI is InChI=1S/C13H22O5S/c14-12(15)5-9-19(16,17)10-11-4-8-13(18-11)6-2-1-3-7-13/h11H,1-10H2,(H,14,15). The van der Waals surface area contributed by atoms with Crippen molar-refractivity contribution in [1.29, 1.82) is 0 Å². The molecule has 2 aliphatic rings. The second-order valence-corrected chi connectivity index (χ2v) is 8.01. The van der Waals surface area contributed by atoms with E-state index in [2.05, 4.69) is 0 Å². The minimum atomic E-state index is -3.32. The van der Waals surface area contributed by atoms with Gasteiger partial charge in [0.05, 0.1) is 29.6 Å². The van der Waals surface area contributed by atoms with Crippen LogP contribution in [0.3, 0.4) is 0 Å². The highest BCUT2D eigenvalue weighted by Crippen LogP contribution is 2.42. The van der Waals surface area contributed by atoms with Gasteiger partial charge < -0.3 is 9.84 Å². The molecule has 0 radical (unpaired) electrons. The molecule has 1 atom stereocenters. The molecule has 0 aromatic rings. The molecule has 0 aromatic carbocycles. The van der Waals surface area contributed by atoms with Gasteiger partial charge in [0, 0.05) is 0 Å². The maximum absolute atomic E-state index is 11.8. The molecule has 0 amide bonds. The number of ether oxygens (including phenoxy) is 1. The van der Waals surface area contributed by atoms with E-state index in [1.54, 1.807) is 0 Å². The molecule has 6 heteroatoms. The SMILES string of the molecule is O=C(O)CCS(=O)(=O)CC1CCC2(CCCCC2)O1. The molecular weight excluding hydrogens is 268 g/mol. The fourth-order valence-electron chi connectivity index (χ4n) is 3.19. The lowest BCUT2D eigenvalue weighted by Crippen LogP contribution is -2.33. The number of hydrogen-bond acceptors (Lipinski definition) is 4. The van der Waals surface area contributed by atoms with Gasteiger partial charge in [-0.1, -0.05) is 19.3 Å². The molecule has 2 rings (SSSR count). The minimum absolute atomic E-state index is 0.0258. The van der Waals surface area contributed by atoms with E-state index in [4.69, 9.17) is 9.84 Å². The maximum Gasteiger partial charge on any atom is 0.304 e. The number of carboxylic acids is 1. The van der Waals surface area contributed by atoms with E-state index >= 15 is 0 Å². The Labute approximate surface area is 114 Å². The van der Waals surface area contributed by atoms with E-state index in [0.717, 1.165) is 25.7 Å². The van der Waals surface area contributed by atoms with Crippen molar-refractivity contribution in [2.75, 3.05) is 11.5 Å². The monoisotopic (exact) mass is 290 g/mol. The van der Waals surface area contributed by atoms with Gasteiger partial charge in [-0.2, -0.15) is 0 Å². The first-order valence-corrected chi connectivity index (χ1v) is 8.83. The third-order valence-electron chi connectivity index (χ3n) is 4.17. The van der Waals surface area contributed by atoms with Crippen LogP contribution in [0.4, 0.5) is 0 Å². The molecular formula is C13H22O5S. The first kappa shape index (κ1) is 14.8. The number of aliphatic carboxylic acids is 1. The van der Waals surface area contributed by atoms with Gasteiger partial charge in [0.15, 0.2) is 9.84 Å². The molecule has 1 aliphatic heterocycles. The van der Waals surface area contributed by atoms with Gasteiger partial charge in [0.2, 0.25) is 0 Å². The van der Waals surface area contributed by atoms with Crippen molar-refractivity contribution in [3.05, 3.63) is 0 Å². The van der Waals surface area contributed by atoms with Gasteiger partial charge in [-0.05, 0) is 25.7 Å². The summed E-state index contributed by atoms with van der Waals surface area (Å²) in [5.74, 6) is -1.38. The van der Waals surface area contributed by atoms with Crippen LogP contribution in [0, 0.1) is 0 Å². The summed E-state index contributed by atoms with van der Waals surface area (Å²) in [6.07, 6.45) is 6.83. The highest BCUT2D eigenvalue weighted by Gasteiger charge is 2.41. The highest BCUT2D eigenvalue weighted by molar-refractivity contribution is 7.91. The zero-order valence-corrected chi connectivity index (χ0v) is 12.0. The molecule has 19 heavy (non-hydrogen) atoms. The summed E-state index contributed by atoms with van der Waals surface area (Å²) < 4.78 is 29.6. The van der Waals surface area contributed by atoms with Crippen molar-refractivity contribution in [2.24, 2.45) is 0 Å². The first-order valence-electron chi connectivity index (χ1n) is 7.01. The van der Waals surface area contributed by atoms with Crippen molar-refractivity contribution in [2.45, 2.75) is 63.1 Å². The largest absolute Gasteiger partial charge is 0.481 e. The van der Waals surface area contributed by atoms with Gasteiger partial charge in [-0.3, -0.25) is 4.79 Å². The zero-order chi connectivity index (χ0) is 13.9. The van der Waals surface area contributed by atoms with Crippen molar-refractivity contribution >= 4 is 15.8 Å². The predicted octanol–water partition coefficient (Wildman–Crippen LogP) is 1.76. The Morgan fingerprint density at radius 3 is 2.53 bits per heavy atom. The molecule has 1 saturated heterocycles. The number of sulfone groups is 1. The van der Waals surface area contributed by atoms with Gasteiger partial charge in [0.1, 0.15) is 0 Å². The van der Waals surface area contributed by atoms with Crippen LogP contribution >= 0.6 is 0 Å². The first-order chi connectivity index (χ1) is 8.91. The molecule has 2 fully saturated rings. The van der Waals surface area contributed by atoms with Crippen LogP contribution in [0.1, 0.15) is 51.4 Å². The third-order valence-corrected chi connectivity index (χ3v) is 5.88. The second-order valence-electron chi connectivity index (χ2n) is 5.78. The Balaban J connectivity index is 1.85. The summed E-state index contributed by atoms with van der Waals surface area (Å²) in [4.78, 5) is 10.4. The van der Waals surface area contributed by atoms with Crippen LogP contribution in [-0.4, -0.2) is 42.7 Å². The predicted molar refractivity (Wildman–Crippen MR) is 70.8 cm³/mol. The van der Waals surface area contributed by atoms with E-state index in [9.17, 15) is 13.2 Å². The topological polar surface area (TPSA) is 80.7 Å². The summed E-state index contributed by atoms with van der Waals surface area (Å²) in [7, 11) is -3.32. The average molecular weight is 290 g/mol. The third kappa shape index (κ3) is 4.18. The summed E-state index contributed by atoms with van der Waals surface area (Å²) in [6, 6.07) is 0. The van der Waals surface area contributed by atoms with Crippen LogP contribution in [0.15, 0.2) is 0 Å². The van der Waals surface area contributed by atoms with E-state index in [1.165, 1.54) is 19.3 Å². The van der Waals surface area contributed by atoms with Gasteiger partial charge in [-0.25, -0.2) is 8.42 Å². The Kier molecular flexibility index (Phi) is 4.50. The zero-order valence-electron chi connectivity index (χ0n) is 11.1. The van der Waals surface area contributed by atoms with Crippen LogP contribution < -0.4 is 0 Å². The van der Waals surface area contributed by atoms with Gasteiger partial charge >= 0.3 is 5.97 Å². The van der Waals surface area contributed by atoms with Crippen LogP contribution in [0.25, 0.3) is 0 Å². The Bertz CT molecular complexity index is 422. The molecule has 1 N–H and O–H groups in total. The number of hydrogen-bond donors (Lipinski definition) is 1. The molecule has 0 bridgehead atoms. The smallest absolute Gasteiger partial charge is 0.304 e. The molecule has 1 saturated carbocycles. The normalized spacial score (nSPS) is 26.6. The molecule has 1 spiro atoms. The van der Waals surface area contributed by atoms with Gasteiger partial charge in [-0.15, -0.1) is 0 Å². The lowest BCUT2D eigenvalue weighted by Gasteiger charge is -2.33. The van der Waals surface area contributed by atoms with Gasteiger partial charge in [0.25, 0.3) is 0 Å². The summed E-state index contributed by atoms with van der Waals surface area (Å²) >= 11 is 0. The highest BCUT2D eigenvalue weighted by atomic mass is 32.2. The summed E-state index contributed by atoms with van der Waals surface area (Å²) in [5, 5.41) is 8.54. The Morgan fingerprint density at radius 2 is 1.89 bits per heavy atom. The minimum Gasteiger partial charge on any atom is -0.481 e. The van der Waals surface area contributed by atoms with E-state index in [0.29, 0.717) is 0 Å². The quantitative estimate of drug-likeness (QED) is 0.834. The molecule has 1 unspecified atom stereocenters. The summed E-state index contributed by atoms with van der Waals surface area (Å²) in [5.41, 5.74) is -0.0781. The maximum atomic E-state index is 11.8. The lowest BCUT2D eigenvalue weighted by molar-refractivity contribution is -0.136. The fourth-order valence-corrected chi connectivity index (χ4v) is 4.64. The van der Waals surface area contributed by atoms with E-state index in [-0.39, 0.29) is 29.6 Å². The van der Waals surface area contributed by atoms with Crippen molar-refractivity contribution in [3.63, 3.8) is 0 Å². The molecule has 5 nitrogen and oxygen atoms in total. The van der Waals surface area contributed by atoms with E-state index in [1.807, 2.05) is 0 Å². The second kappa shape index (κ2) is 5.79. The summed E-state index contributed by atoms with van der Waals surface area (Å²) in [6.45, 7) is 0. The molecule has 1 heterocycles. The van der Waals surface area contributed by atoms with Crippen LogP contribution in [0.5, 0.6) is 0 Å². The number of rotatable bonds is 5. The average Bonchev–Trinajstić information content (AvgIpc) is 2.70. The fraction of sp³-hybridized carbons (Fsp3) is 0.923. The van der Waals surface area contributed by atoms with Crippen molar-refractivity contribution in [3.8, 4) is 0 Å². The van der Waals surface area contributed by atoms with Crippen LogP contribution in [-0.2, 0) is 19.4 Å². The van der Waals surface area contributed by atoms with Crippen LogP contribution in [0.2, 0.25) is 0 Å².